The molecule has 0 saturated heterocycles. The first-order valence-corrected chi connectivity index (χ1v) is 4.52. The first kappa shape index (κ1) is 8.30. The molecule has 0 radical (unpaired) electrons. The second-order valence-corrected chi connectivity index (χ2v) is 4.34. The summed E-state index contributed by atoms with van der Waals surface area (Å²) in [4.78, 5) is 0. The molecular weight excluding hydrogens is 160 g/mol. The van der Waals surface area contributed by atoms with E-state index in [1.165, 1.54) is 11.1 Å². The summed E-state index contributed by atoms with van der Waals surface area (Å²) < 4.78 is 1.92. The van der Waals surface area contributed by atoms with Crippen molar-refractivity contribution in [2.75, 3.05) is 0 Å². The molecule has 0 spiro atoms. The number of nitrogens with zero attached hydrogens (tertiary/aromatic N) is 2. The maximum absolute atomic E-state index is 4.30. The largest absolute Gasteiger partial charge is 0.241 e. The van der Waals surface area contributed by atoms with Gasteiger partial charge in [0.25, 0.3) is 0 Å². The average molecular weight is 174 g/mol. The van der Waals surface area contributed by atoms with Crippen LogP contribution in [0.15, 0.2) is 30.6 Å². The summed E-state index contributed by atoms with van der Waals surface area (Å²) >= 11 is 0. The molecule has 2 nitrogen and oxygen atoms in total. The van der Waals surface area contributed by atoms with Crippen molar-refractivity contribution in [2.24, 2.45) is 0 Å². The molecule has 0 atom stereocenters. The van der Waals surface area contributed by atoms with Crippen molar-refractivity contribution in [1.82, 2.24) is 9.61 Å². The Morgan fingerprint density at radius 3 is 2.69 bits per heavy atom. The van der Waals surface area contributed by atoms with Crippen LogP contribution in [0, 0.1) is 0 Å². The van der Waals surface area contributed by atoms with Gasteiger partial charge in [0.15, 0.2) is 0 Å². The van der Waals surface area contributed by atoms with Gasteiger partial charge in [-0.15, -0.1) is 0 Å². The zero-order valence-corrected chi connectivity index (χ0v) is 8.28. The molecular formula is C11H14N2. The van der Waals surface area contributed by atoms with E-state index in [9.17, 15) is 0 Å². The molecule has 0 amide bonds. The third-order valence-electron chi connectivity index (χ3n) is 2.23. The number of hydrogen-bond acceptors (Lipinski definition) is 1. The Balaban J connectivity index is 2.72. The van der Waals surface area contributed by atoms with E-state index in [-0.39, 0.29) is 5.41 Å². The summed E-state index contributed by atoms with van der Waals surface area (Å²) in [6, 6.07) is 6.15. The van der Waals surface area contributed by atoms with Gasteiger partial charge in [-0.25, -0.2) is 4.52 Å². The highest BCUT2D eigenvalue weighted by Crippen LogP contribution is 2.25. The number of pyridine rings is 1. The Morgan fingerprint density at radius 2 is 2.00 bits per heavy atom. The molecule has 0 aliphatic heterocycles. The lowest BCUT2D eigenvalue weighted by Crippen LogP contribution is -2.10. The molecule has 2 heteroatoms. The van der Waals surface area contributed by atoms with Crippen LogP contribution in [0.5, 0.6) is 0 Å². The standard InChI is InChI=1S/C11H14N2/c1-11(2,3)9-8-12-13-7-5-4-6-10(9)13/h4-8H,1-3H3. The molecule has 0 aromatic carbocycles. The van der Waals surface area contributed by atoms with Crippen molar-refractivity contribution >= 4 is 5.52 Å². The van der Waals surface area contributed by atoms with Crippen molar-refractivity contribution in [3.8, 4) is 0 Å². The SMILES string of the molecule is CC(C)(C)c1cnn2ccccc12. The Kier molecular flexibility index (Phi) is 1.65. The molecule has 68 valence electrons. The summed E-state index contributed by atoms with van der Waals surface area (Å²) in [6.45, 7) is 6.62. The van der Waals surface area contributed by atoms with Gasteiger partial charge in [-0.3, -0.25) is 0 Å². The van der Waals surface area contributed by atoms with Crippen LogP contribution in [-0.4, -0.2) is 9.61 Å². The molecule has 0 fully saturated rings. The van der Waals surface area contributed by atoms with Gasteiger partial charge in [-0.2, -0.15) is 5.10 Å². The van der Waals surface area contributed by atoms with Crippen LogP contribution in [-0.2, 0) is 5.41 Å². The molecule has 0 bridgehead atoms. The molecule has 2 aromatic rings. The zero-order chi connectivity index (χ0) is 9.47. The molecule has 0 unspecified atom stereocenters. The fourth-order valence-corrected chi connectivity index (χ4v) is 1.51. The number of fused-ring (bicyclic) bond motifs is 1. The minimum atomic E-state index is 0.170. The Morgan fingerprint density at radius 1 is 1.23 bits per heavy atom. The van der Waals surface area contributed by atoms with Gasteiger partial charge in [0.2, 0.25) is 0 Å². The first-order valence-electron chi connectivity index (χ1n) is 4.52. The monoisotopic (exact) mass is 174 g/mol. The van der Waals surface area contributed by atoms with E-state index in [2.05, 4.69) is 31.9 Å². The zero-order valence-electron chi connectivity index (χ0n) is 8.28. The van der Waals surface area contributed by atoms with Crippen LogP contribution < -0.4 is 0 Å². The predicted molar refractivity (Wildman–Crippen MR) is 53.9 cm³/mol. The second kappa shape index (κ2) is 2.59. The van der Waals surface area contributed by atoms with Gasteiger partial charge in [-0.1, -0.05) is 26.8 Å². The van der Waals surface area contributed by atoms with Crippen molar-refractivity contribution in [3.05, 3.63) is 36.2 Å². The van der Waals surface area contributed by atoms with Gasteiger partial charge in [-0.05, 0) is 17.5 Å². The molecule has 2 rings (SSSR count). The topological polar surface area (TPSA) is 17.3 Å². The van der Waals surface area contributed by atoms with Crippen molar-refractivity contribution < 1.29 is 0 Å². The fourth-order valence-electron chi connectivity index (χ4n) is 1.51. The van der Waals surface area contributed by atoms with E-state index in [0.717, 1.165) is 0 Å². The lowest BCUT2D eigenvalue weighted by molar-refractivity contribution is 0.595. The van der Waals surface area contributed by atoms with Crippen LogP contribution >= 0.6 is 0 Å². The third-order valence-corrected chi connectivity index (χ3v) is 2.23. The van der Waals surface area contributed by atoms with Crippen molar-refractivity contribution in [3.63, 3.8) is 0 Å². The smallest absolute Gasteiger partial charge is 0.0698 e. The maximum atomic E-state index is 4.30. The van der Waals surface area contributed by atoms with E-state index in [1.54, 1.807) is 0 Å². The molecule has 0 saturated carbocycles. The van der Waals surface area contributed by atoms with Crippen molar-refractivity contribution in [2.45, 2.75) is 26.2 Å². The summed E-state index contributed by atoms with van der Waals surface area (Å²) in [5.41, 5.74) is 2.67. The summed E-state index contributed by atoms with van der Waals surface area (Å²) in [5, 5.41) is 4.30. The molecule has 13 heavy (non-hydrogen) atoms. The Bertz CT molecular complexity index is 421. The van der Waals surface area contributed by atoms with E-state index < -0.39 is 0 Å². The second-order valence-electron chi connectivity index (χ2n) is 4.34. The Hall–Kier alpha value is -1.31. The van der Waals surface area contributed by atoms with Gasteiger partial charge in [0.1, 0.15) is 0 Å². The van der Waals surface area contributed by atoms with E-state index in [1.807, 2.05) is 29.0 Å². The van der Waals surface area contributed by atoms with Crippen LogP contribution in [0.4, 0.5) is 0 Å². The number of aromatic nitrogens is 2. The minimum absolute atomic E-state index is 0.170. The molecule has 0 N–H and O–H groups in total. The summed E-state index contributed by atoms with van der Waals surface area (Å²) in [7, 11) is 0. The number of hydrogen-bond donors (Lipinski definition) is 0. The van der Waals surface area contributed by atoms with Gasteiger partial charge >= 0.3 is 0 Å². The van der Waals surface area contributed by atoms with Gasteiger partial charge in [0.05, 0.1) is 11.7 Å². The molecule has 2 heterocycles. The van der Waals surface area contributed by atoms with Crippen molar-refractivity contribution in [1.29, 1.82) is 0 Å². The average Bonchev–Trinajstić information content (AvgIpc) is 2.45. The lowest BCUT2D eigenvalue weighted by atomic mass is 9.88. The number of rotatable bonds is 0. The lowest BCUT2D eigenvalue weighted by Gasteiger charge is -2.16. The Labute approximate surface area is 78.2 Å². The fraction of sp³-hybridized carbons (Fsp3) is 0.364. The highest BCUT2D eigenvalue weighted by molar-refractivity contribution is 5.56. The first-order chi connectivity index (χ1) is 6.09. The minimum Gasteiger partial charge on any atom is -0.241 e. The van der Waals surface area contributed by atoms with Crippen LogP contribution in [0.2, 0.25) is 0 Å². The van der Waals surface area contributed by atoms with Crippen LogP contribution in [0.1, 0.15) is 26.3 Å². The summed E-state index contributed by atoms with van der Waals surface area (Å²) in [6.07, 6.45) is 3.93. The van der Waals surface area contributed by atoms with E-state index in [4.69, 9.17) is 0 Å². The normalized spacial score (nSPS) is 12.2. The quantitative estimate of drug-likeness (QED) is 0.600. The van der Waals surface area contributed by atoms with Gasteiger partial charge in [0, 0.05) is 11.8 Å². The molecule has 0 aliphatic rings. The maximum Gasteiger partial charge on any atom is 0.0698 e. The highest BCUT2D eigenvalue weighted by atomic mass is 15.2. The highest BCUT2D eigenvalue weighted by Gasteiger charge is 2.17. The third kappa shape index (κ3) is 1.32. The predicted octanol–water partition coefficient (Wildman–Crippen LogP) is 2.63. The molecule has 0 aliphatic carbocycles. The van der Waals surface area contributed by atoms with Crippen LogP contribution in [0.25, 0.3) is 5.52 Å². The van der Waals surface area contributed by atoms with E-state index >= 15 is 0 Å². The van der Waals surface area contributed by atoms with Crippen LogP contribution in [0.3, 0.4) is 0 Å². The van der Waals surface area contributed by atoms with E-state index in [0.29, 0.717) is 0 Å². The molecule has 2 aromatic heterocycles. The van der Waals surface area contributed by atoms with Gasteiger partial charge < -0.3 is 0 Å². The summed E-state index contributed by atoms with van der Waals surface area (Å²) in [5.74, 6) is 0.